The van der Waals surface area contributed by atoms with Gasteiger partial charge in [0.1, 0.15) is 5.69 Å². The molecule has 15 heavy (non-hydrogen) atoms. The quantitative estimate of drug-likeness (QED) is 0.600. The summed E-state index contributed by atoms with van der Waals surface area (Å²) in [6, 6.07) is 9.42. The first kappa shape index (κ1) is 10.4. The number of fused-ring (bicyclic) bond motifs is 1. The van der Waals surface area contributed by atoms with E-state index in [0.29, 0.717) is 5.69 Å². The van der Waals surface area contributed by atoms with Crippen LogP contribution in [0.2, 0.25) is 0 Å². The zero-order chi connectivity index (χ0) is 10.8. The second-order valence-corrected chi connectivity index (χ2v) is 4.16. The minimum Gasteiger partial charge on any atom is -0.464 e. The number of halogens is 1. The summed E-state index contributed by atoms with van der Waals surface area (Å²) in [6.45, 7) is 0. The van der Waals surface area contributed by atoms with Crippen molar-refractivity contribution < 1.29 is 9.53 Å². The van der Waals surface area contributed by atoms with Crippen molar-refractivity contribution in [2.75, 3.05) is 7.11 Å². The monoisotopic (exact) mass is 313 g/mol. The number of pyridine rings is 1. The van der Waals surface area contributed by atoms with Crippen LogP contribution in [0.3, 0.4) is 0 Å². The Hall–Kier alpha value is -1.17. The number of carbonyl (C=O) groups excluding carboxylic acids is 1. The highest BCUT2D eigenvalue weighted by Gasteiger charge is 2.08. The molecule has 0 saturated carbocycles. The second kappa shape index (κ2) is 4.14. The Kier molecular flexibility index (Phi) is 2.86. The fourth-order valence-corrected chi connectivity index (χ4v) is 1.97. The average molecular weight is 313 g/mol. The fourth-order valence-electron chi connectivity index (χ4n) is 1.33. The first-order chi connectivity index (χ1) is 7.22. The van der Waals surface area contributed by atoms with Gasteiger partial charge in [-0.1, -0.05) is 18.2 Å². The lowest BCUT2D eigenvalue weighted by Crippen LogP contribution is -2.04. The van der Waals surface area contributed by atoms with E-state index < -0.39 is 5.97 Å². The maximum absolute atomic E-state index is 11.3. The molecule has 0 aliphatic carbocycles. The van der Waals surface area contributed by atoms with Gasteiger partial charge in [-0.15, -0.1) is 0 Å². The molecule has 0 atom stereocenters. The fraction of sp³-hybridized carbons (Fsp3) is 0.0909. The van der Waals surface area contributed by atoms with Gasteiger partial charge in [0, 0.05) is 8.96 Å². The third-order valence-electron chi connectivity index (χ3n) is 2.07. The molecular formula is C11H8INO2. The van der Waals surface area contributed by atoms with Crippen molar-refractivity contribution in [2.45, 2.75) is 0 Å². The smallest absolute Gasteiger partial charge is 0.356 e. The molecule has 1 heterocycles. The molecule has 0 saturated heterocycles. The molecule has 1 aromatic heterocycles. The van der Waals surface area contributed by atoms with Crippen molar-refractivity contribution in [3.63, 3.8) is 0 Å². The van der Waals surface area contributed by atoms with E-state index in [-0.39, 0.29) is 0 Å². The van der Waals surface area contributed by atoms with E-state index in [0.717, 1.165) is 14.5 Å². The third kappa shape index (κ3) is 1.94. The number of methoxy groups -OCH3 is 1. The van der Waals surface area contributed by atoms with E-state index in [4.69, 9.17) is 0 Å². The van der Waals surface area contributed by atoms with E-state index in [9.17, 15) is 4.79 Å². The first-order valence-corrected chi connectivity index (χ1v) is 5.44. The highest BCUT2D eigenvalue weighted by molar-refractivity contribution is 14.1. The van der Waals surface area contributed by atoms with Crippen molar-refractivity contribution in [2.24, 2.45) is 0 Å². The van der Waals surface area contributed by atoms with Gasteiger partial charge in [0.2, 0.25) is 0 Å². The Balaban J connectivity index is 2.64. The number of nitrogens with zero attached hydrogens (tertiary/aromatic N) is 1. The minimum atomic E-state index is -0.406. The van der Waals surface area contributed by atoms with Crippen LogP contribution < -0.4 is 0 Å². The van der Waals surface area contributed by atoms with E-state index in [1.165, 1.54) is 7.11 Å². The zero-order valence-electron chi connectivity index (χ0n) is 8.03. The summed E-state index contributed by atoms with van der Waals surface area (Å²) in [5.41, 5.74) is 1.18. The van der Waals surface area contributed by atoms with Crippen LogP contribution in [-0.4, -0.2) is 18.1 Å². The molecule has 0 N–H and O–H groups in total. The summed E-state index contributed by atoms with van der Waals surface area (Å²) in [7, 11) is 1.35. The summed E-state index contributed by atoms with van der Waals surface area (Å²) in [4.78, 5) is 15.5. The summed E-state index contributed by atoms with van der Waals surface area (Å²) in [6.07, 6.45) is 0. The highest BCUT2D eigenvalue weighted by atomic mass is 127. The molecule has 0 radical (unpaired) electrons. The van der Waals surface area contributed by atoms with Crippen LogP contribution in [0.4, 0.5) is 0 Å². The number of hydrogen-bond acceptors (Lipinski definition) is 3. The molecule has 76 valence electrons. The molecular weight excluding hydrogens is 305 g/mol. The summed E-state index contributed by atoms with van der Waals surface area (Å²) < 4.78 is 5.65. The lowest BCUT2D eigenvalue weighted by molar-refractivity contribution is 0.0594. The van der Waals surface area contributed by atoms with Gasteiger partial charge in [-0.25, -0.2) is 9.78 Å². The SMILES string of the molecule is COC(=O)c1ccc2cccc(I)c2n1. The number of hydrogen-bond donors (Lipinski definition) is 0. The van der Waals surface area contributed by atoms with E-state index in [1.54, 1.807) is 6.07 Å². The Morgan fingerprint density at radius 1 is 1.33 bits per heavy atom. The lowest BCUT2D eigenvalue weighted by Gasteiger charge is -2.02. The number of ether oxygens (including phenoxy) is 1. The van der Waals surface area contributed by atoms with Crippen molar-refractivity contribution in [1.29, 1.82) is 0 Å². The number of esters is 1. The molecule has 0 aliphatic rings. The second-order valence-electron chi connectivity index (χ2n) is 3.00. The van der Waals surface area contributed by atoms with E-state index >= 15 is 0 Å². The van der Waals surface area contributed by atoms with Crippen LogP contribution in [-0.2, 0) is 4.74 Å². The number of carbonyl (C=O) groups is 1. The Bertz CT molecular complexity index is 525. The summed E-state index contributed by atoms with van der Waals surface area (Å²) >= 11 is 2.20. The van der Waals surface area contributed by atoms with Crippen LogP contribution in [0.25, 0.3) is 10.9 Å². The molecule has 0 spiro atoms. The maximum atomic E-state index is 11.3. The number of benzene rings is 1. The van der Waals surface area contributed by atoms with Crippen molar-refractivity contribution >= 4 is 39.5 Å². The molecule has 0 unspecified atom stereocenters. The molecule has 4 heteroatoms. The number of aromatic nitrogens is 1. The average Bonchev–Trinajstić information content (AvgIpc) is 2.28. The Morgan fingerprint density at radius 2 is 2.13 bits per heavy atom. The molecule has 0 bridgehead atoms. The molecule has 3 nitrogen and oxygen atoms in total. The van der Waals surface area contributed by atoms with Gasteiger partial charge in [0.15, 0.2) is 0 Å². The van der Waals surface area contributed by atoms with Gasteiger partial charge in [-0.05, 0) is 34.7 Å². The van der Waals surface area contributed by atoms with Crippen molar-refractivity contribution in [1.82, 2.24) is 4.98 Å². The lowest BCUT2D eigenvalue weighted by atomic mass is 10.2. The molecule has 0 amide bonds. The summed E-state index contributed by atoms with van der Waals surface area (Å²) in [5, 5.41) is 1.02. The molecule has 0 fully saturated rings. The van der Waals surface area contributed by atoms with Gasteiger partial charge in [-0.3, -0.25) is 0 Å². The minimum absolute atomic E-state index is 0.342. The summed E-state index contributed by atoms with van der Waals surface area (Å²) in [5.74, 6) is -0.406. The largest absolute Gasteiger partial charge is 0.464 e. The number of para-hydroxylation sites is 1. The predicted molar refractivity (Wildman–Crippen MR) is 65.8 cm³/mol. The Morgan fingerprint density at radius 3 is 2.87 bits per heavy atom. The van der Waals surface area contributed by atoms with E-state index in [1.807, 2.05) is 24.3 Å². The van der Waals surface area contributed by atoms with Crippen LogP contribution in [0.15, 0.2) is 30.3 Å². The van der Waals surface area contributed by atoms with Crippen molar-refractivity contribution in [3.8, 4) is 0 Å². The first-order valence-electron chi connectivity index (χ1n) is 4.36. The van der Waals surface area contributed by atoms with Gasteiger partial charge in [0.05, 0.1) is 12.6 Å². The zero-order valence-corrected chi connectivity index (χ0v) is 10.2. The van der Waals surface area contributed by atoms with Gasteiger partial charge >= 0.3 is 5.97 Å². The van der Waals surface area contributed by atoms with Crippen molar-refractivity contribution in [3.05, 3.63) is 39.6 Å². The van der Waals surface area contributed by atoms with Gasteiger partial charge < -0.3 is 4.74 Å². The standard InChI is InChI=1S/C11H8INO2/c1-15-11(14)9-6-5-7-3-2-4-8(12)10(7)13-9/h2-6H,1H3. The molecule has 2 aromatic rings. The van der Waals surface area contributed by atoms with Crippen LogP contribution in [0.5, 0.6) is 0 Å². The highest BCUT2D eigenvalue weighted by Crippen LogP contribution is 2.18. The normalized spacial score (nSPS) is 10.3. The van der Waals surface area contributed by atoms with Crippen LogP contribution in [0.1, 0.15) is 10.5 Å². The van der Waals surface area contributed by atoms with Crippen LogP contribution in [0, 0.1) is 3.57 Å². The third-order valence-corrected chi connectivity index (χ3v) is 2.94. The molecule has 2 rings (SSSR count). The topological polar surface area (TPSA) is 39.2 Å². The maximum Gasteiger partial charge on any atom is 0.356 e. The van der Waals surface area contributed by atoms with Gasteiger partial charge in [-0.2, -0.15) is 0 Å². The van der Waals surface area contributed by atoms with Crippen LogP contribution >= 0.6 is 22.6 Å². The predicted octanol–water partition coefficient (Wildman–Crippen LogP) is 2.63. The molecule has 0 aliphatic heterocycles. The van der Waals surface area contributed by atoms with E-state index in [2.05, 4.69) is 32.3 Å². The number of rotatable bonds is 1. The Labute approximate surface area is 101 Å². The van der Waals surface area contributed by atoms with Gasteiger partial charge in [0.25, 0.3) is 0 Å². The molecule has 1 aromatic carbocycles.